The van der Waals surface area contributed by atoms with Gasteiger partial charge in [0.25, 0.3) is 0 Å². The van der Waals surface area contributed by atoms with Crippen LogP contribution in [0.15, 0.2) is 30.3 Å². The van der Waals surface area contributed by atoms with Crippen LogP contribution in [0.3, 0.4) is 0 Å². The lowest BCUT2D eigenvalue weighted by Crippen LogP contribution is -2.20. The molecule has 0 aliphatic heterocycles. The summed E-state index contributed by atoms with van der Waals surface area (Å²) in [4.78, 5) is 0. The van der Waals surface area contributed by atoms with Crippen LogP contribution in [0.1, 0.15) is 18.9 Å². The molecule has 1 nitrogen and oxygen atoms in total. The van der Waals surface area contributed by atoms with Crippen LogP contribution in [-0.2, 0) is 6.42 Å². The number of hydrogen-bond donors (Lipinski definition) is 1. The third kappa shape index (κ3) is 2.85. The van der Waals surface area contributed by atoms with Gasteiger partial charge in [-0.25, -0.2) is 0 Å². The summed E-state index contributed by atoms with van der Waals surface area (Å²) in [5.41, 5.74) is 1.43. The summed E-state index contributed by atoms with van der Waals surface area (Å²) in [6, 6.07) is 10.7. The summed E-state index contributed by atoms with van der Waals surface area (Å²) in [6.45, 7) is 4.67. The molecule has 2 rings (SSSR count). The van der Waals surface area contributed by atoms with E-state index >= 15 is 0 Å². The van der Waals surface area contributed by atoms with Gasteiger partial charge in [0.05, 0.1) is 0 Å². The molecule has 1 heteroatoms. The van der Waals surface area contributed by atoms with Crippen molar-refractivity contribution in [1.29, 1.82) is 0 Å². The Hall–Kier alpha value is -0.820. The van der Waals surface area contributed by atoms with Crippen molar-refractivity contribution in [2.24, 2.45) is 11.8 Å². The van der Waals surface area contributed by atoms with Crippen LogP contribution in [0, 0.1) is 11.8 Å². The summed E-state index contributed by atoms with van der Waals surface area (Å²) in [6.07, 6.45) is 2.58. The highest BCUT2D eigenvalue weighted by Gasteiger charge is 2.31. The van der Waals surface area contributed by atoms with Crippen molar-refractivity contribution in [3.63, 3.8) is 0 Å². The molecular weight excluding hydrogens is 170 g/mol. The predicted molar refractivity (Wildman–Crippen MR) is 60.3 cm³/mol. The molecule has 0 saturated heterocycles. The Morgan fingerprint density at radius 1 is 1.29 bits per heavy atom. The fraction of sp³-hybridized carbons (Fsp3) is 0.538. The second-order valence-electron chi connectivity index (χ2n) is 4.41. The summed E-state index contributed by atoms with van der Waals surface area (Å²) < 4.78 is 0. The maximum absolute atomic E-state index is 3.53. The van der Waals surface area contributed by atoms with Gasteiger partial charge in [-0.3, -0.25) is 0 Å². The van der Waals surface area contributed by atoms with Crippen molar-refractivity contribution in [2.45, 2.75) is 19.8 Å². The quantitative estimate of drug-likeness (QED) is 0.702. The minimum Gasteiger partial charge on any atom is -0.316 e. The molecule has 0 amide bonds. The SMILES string of the molecule is C[C@@H]1C[C@H]1CNCCc1ccccc1. The Bertz CT molecular complexity index is 268. The molecular formula is C13H19N. The number of nitrogens with one attached hydrogen (secondary N) is 1. The van der Waals surface area contributed by atoms with E-state index < -0.39 is 0 Å². The molecule has 76 valence electrons. The van der Waals surface area contributed by atoms with Gasteiger partial charge < -0.3 is 5.32 Å². The van der Waals surface area contributed by atoms with Crippen molar-refractivity contribution in [2.75, 3.05) is 13.1 Å². The molecule has 14 heavy (non-hydrogen) atoms. The van der Waals surface area contributed by atoms with Gasteiger partial charge in [-0.2, -0.15) is 0 Å². The first-order valence-electron chi connectivity index (χ1n) is 5.61. The van der Waals surface area contributed by atoms with Crippen molar-refractivity contribution >= 4 is 0 Å². The Balaban J connectivity index is 1.59. The van der Waals surface area contributed by atoms with Crippen LogP contribution in [-0.4, -0.2) is 13.1 Å². The lowest BCUT2D eigenvalue weighted by atomic mass is 10.1. The molecule has 0 bridgehead atoms. The highest BCUT2D eigenvalue weighted by Crippen LogP contribution is 2.36. The van der Waals surface area contributed by atoms with Crippen LogP contribution >= 0.6 is 0 Å². The molecule has 0 heterocycles. The van der Waals surface area contributed by atoms with E-state index in [2.05, 4.69) is 42.6 Å². The molecule has 1 fully saturated rings. The maximum atomic E-state index is 3.53. The van der Waals surface area contributed by atoms with Crippen molar-refractivity contribution < 1.29 is 0 Å². The zero-order valence-corrected chi connectivity index (χ0v) is 8.87. The Morgan fingerprint density at radius 3 is 2.64 bits per heavy atom. The minimum absolute atomic E-state index is 0.964. The number of hydrogen-bond acceptors (Lipinski definition) is 1. The third-order valence-corrected chi connectivity index (χ3v) is 3.12. The third-order valence-electron chi connectivity index (χ3n) is 3.12. The first kappa shape index (κ1) is 9.72. The fourth-order valence-corrected chi connectivity index (χ4v) is 1.85. The van der Waals surface area contributed by atoms with Crippen LogP contribution in [0.25, 0.3) is 0 Å². The number of rotatable bonds is 5. The summed E-state index contributed by atoms with van der Waals surface area (Å²) in [5, 5.41) is 3.53. The Morgan fingerprint density at radius 2 is 2.00 bits per heavy atom. The first-order chi connectivity index (χ1) is 6.86. The summed E-state index contributed by atoms with van der Waals surface area (Å²) in [5.74, 6) is 1.94. The van der Waals surface area contributed by atoms with E-state index in [0.29, 0.717) is 0 Å². The molecule has 0 unspecified atom stereocenters. The molecule has 0 spiro atoms. The van der Waals surface area contributed by atoms with Gasteiger partial charge in [0.2, 0.25) is 0 Å². The van der Waals surface area contributed by atoms with Gasteiger partial charge in [0, 0.05) is 0 Å². The van der Waals surface area contributed by atoms with E-state index in [-0.39, 0.29) is 0 Å². The molecule has 1 aliphatic carbocycles. The van der Waals surface area contributed by atoms with E-state index in [0.717, 1.165) is 24.8 Å². The average molecular weight is 189 g/mol. The zero-order chi connectivity index (χ0) is 9.80. The van der Waals surface area contributed by atoms with Gasteiger partial charge in [0.1, 0.15) is 0 Å². The molecule has 1 N–H and O–H groups in total. The van der Waals surface area contributed by atoms with E-state index in [1.165, 1.54) is 18.5 Å². The summed E-state index contributed by atoms with van der Waals surface area (Å²) >= 11 is 0. The minimum atomic E-state index is 0.964. The van der Waals surface area contributed by atoms with E-state index in [4.69, 9.17) is 0 Å². The van der Waals surface area contributed by atoms with E-state index in [9.17, 15) is 0 Å². The Kier molecular flexibility index (Phi) is 3.20. The molecule has 2 atom stereocenters. The maximum Gasteiger partial charge on any atom is -0.000823 e. The Labute approximate surface area is 86.5 Å². The van der Waals surface area contributed by atoms with Gasteiger partial charge in [0.15, 0.2) is 0 Å². The summed E-state index contributed by atoms with van der Waals surface area (Å²) in [7, 11) is 0. The second kappa shape index (κ2) is 4.61. The normalized spacial score (nSPS) is 24.9. The lowest BCUT2D eigenvalue weighted by molar-refractivity contribution is 0.612. The van der Waals surface area contributed by atoms with Gasteiger partial charge in [-0.15, -0.1) is 0 Å². The van der Waals surface area contributed by atoms with Crippen LogP contribution < -0.4 is 5.32 Å². The molecule has 1 aromatic rings. The van der Waals surface area contributed by atoms with Crippen molar-refractivity contribution in [3.8, 4) is 0 Å². The largest absolute Gasteiger partial charge is 0.316 e. The van der Waals surface area contributed by atoms with Crippen molar-refractivity contribution in [1.82, 2.24) is 5.32 Å². The van der Waals surface area contributed by atoms with Crippen LogP contribution in [0.4, 0.5) is 0 Å². The molecule has 1 saturated carbocycles. The molecule has 0 aromatic heterocycles. The molecule has 1 aromatic carbocycles. The van der Waals surface area contributed by atoms with Crippen molar-refractivity contribution in [3.05, 3.63) is 35.9 Å². The first-order valence-corrected chi connectivity index (χ1v) is 5.61. The van der Waals surface area contributed by atoms with Crippen LogP contribution in [0.2, 0.25) is 0 Å². The number of benzene rings is 1. The molecule has 0 radical (unpaired) electrons. The fourth-order valence-electron chi connectivity index (χ4n) is 1.85. The zero-order valence-electron chi connectivity index (χ0n) is 8.87. The highest BCUT2D eigenvalue weighted by atomic mass is 14.9. The van der Waals surface area contributed by atoms with Gasteiger partial charge in [-0.1, -0.05) is 37.3 Å². The van der Waals surface area contributed by atoms with Gasteiger partial charge >= 0.3 is 0 Å². The highest BCUT2D eigenvalue weighted by molar-refractivity contribution is 5.14. The standard InChI is InChI=1S/C13H19N/c1-11-9-13(11)10-14-8-7-12-5-3-2-4-6-12/h2-6,11,13-14H,7-10H2,1H3/t11-,13+/m1/s1. The molecule has 1 aliphatic rings. The topological polar surface area (TPSA) is 12.0 Å². The van der Waals surface area contributed by atoms with E-state index in [1.54, 1.807) is 0 Å². The monoisotopic (exact) mass is 189 g/mol. The smallest absolute Gasteiger partial charge is 0.000823 e. The van der Waals surface area contributed by atoms with Gasteiger partial charge in [-0.05, 0) is 43.3 Å². The lowest BCUT2D eigenvalue weighted by Gasteiger charge is -2.03. The second-order valence-corrected chi connectivity index (χ2v) is 4.41. The van der Waals surface area contributed by atoms with E-state index in [1.807, 2.05) is 0 Å². The predicted octanol–water partition coefficient (Wildman–Crippen LogP) is 2.47. The van der Waals surface area contributed by atoms with Crippen LogP contribution in [0.5, 0.6) is 0 Å². The average Bonchev–Trinajstić information content (AvgIpc) is 2.91.